The first kappa shape index (κ1) is 37.1. The first-order valence-corrected chi connectivity index (χ1v) is 22.1. The predicted octanol–water partition coefficient (Wildman–Crippen LogP) is 17.1. The van der Waals surface area contributed by atoms with Gasteiger partial charge in [-0.1, -0.05) is 184 Å². The van der Waals surface area contributed by atoms with Crippen molar-refractivity contribution in [3.8, 4) is 55.6 Å². The van der Waals surface area contributed by atoms with E-state index in [9.17, 15) is 0 Å². The Bertz CT molecular complexity index is 3440. The molecule has 1 unspecified atom stereocenters. The van der Waals surface area contributed by atoms with Gasteiger partial charge >= 0.3 is 0 Å². The number of anilines is 2. The van der Waals surface area contributed by atoms with E-state index in [1.807, 2.05) is 12.1 Å². The molecule has 0 aliphatic heterocycles. The predicted molar refractivity (Wildman–Crippen MR) is 266 cm³/mol. The highest BCUT2D eigenvalue weighted by Crippen LogP contribution is 2.52. The Labute approximate surface area is 368 Å². The quantitative estimate of drug-likeness (QED) is 0.187. The van der Waals surface area contributed by atoms with Crippen LogP contribution in [-0.4, -0.2) is 0 Å². The van der Waals surface area contributed by atoms with E-state index in [-0.39, 0.29) is 5.41 Å². The third-order valence-corrected chi connectivity index (χ3v) is 13.6. The zero-order valence-electron chi connectivity index (χ0n) is 35.4. The summed E-state index contributed by atoms with van der Waals surface area (Å²) >= 11 is 0. The fraction of sp³-hybridized carbons (Fsp3) is 0.0820. The Hall–Kier alpha value is -7.68. The van der Waals surface area contributed by atoms with E-state index in [1.165, 1.54) is 93.9 Å². The molecule has 1 N–H and O–H groups in total. The fourth-order valence-electron chi connectivity index (χ4n) is 10.4. The average molecular weight is 808 g/mol. The van der Waals surface area contributed by atoms with Gasteiger partial charge in [0.15, 0.2) is 0 Å². The van der Waals surface area contributed by atoms with Crippen LogP contribution < -0.4 is 5.32 Å². The molecule has 3 aliphatic rings. The zero-order chi connectivity index (χ0) is 42.1. The van der Waals surface area contributed by atoms with Crippen molar-refractivity contribution in [3.05, 3.63) is 229 Å². The van der Waals surface area contributed by atoms with Gasteiger partial charge in [0.1, 0.15) is 11.2 Å². The summed E-state index contributed by atoms with van der Waals surface area (Å²) in [5.41, 5.74) is 21.2. The summed E-state index contributed by atoms with van der Waals surface area (Å²) in [6.07, 6.45) is 9.84. The Kier molecular flexibility index (Phi) is 8.69. The van der Waals surface area contributed by atoms with Gasteiger partial charge < -0.3 is 9.73 Å². The molecule has 10 aromatic rings. The Morgan fingerprint density at radius 2 is 1.08 bits per heavy atom. The van der Waals surface area contributed by atoms with E-state index < -0.39 is 0 Å². The van der Waals surface area contributed by atoms with Crippen LogP contribution in [0, 0.1) is 0 Å². The number of hydrogen-bond donors (Lipinski definition) is 1. The van der Waals surface area contributed by atoms with Gasteiger partial charge in [0.05, 0.1) is 0 Å². The SMILES string of the molecule is C1=CCC(c2ccc(-c3ccc4c(c3)oc3ccccc34)cc2)C=C1.CC1(C)c2cc(Nc3ccc4c5c(cccc35)-c3ccccc3-4)ccc2-c2ccc(-c3ccccc3)cc21. The van der Waals surface area contributed by atoms with Crippen molar-refractivity contribution in [3.63, 3.8) is 0 Å². The molecular formula is C61H45NO. The summed E-state index contributed by atoms with van der Waals surface area (Å²) in [5.74, 6) is 0.497. The van der Waals surface area contributed by atoms with Crippen LogP contribution in [0.4, 0.5) is 11.4 Å². The Morgan fingerprint density at radius 1 is 0.460 bits per heavy atom. The van der Waals surface area contributed by atoms with Gasteiger partial charge in [-0.2, -0.15) is 0 Å². The Balaban J connectivity index is 0.000000146. The van der Waals surface area contributed by atoms with Gasteiger partial charge in [-0.05, 0) is 127 Å². The van der Waals surface area contributed by atoms with Crippen molar-refractivity contribution in [1.82, 2.24) is 0 Å². The molecule has 13 rings (SSSR count). The maximum atomic E-state index is 6.02. The molecule has 1 heterocycles. The smallest absolute Gasteiger partial charge is 0.136 e. The summed E-state index contributed by atoms with van der Waals surface area (Å²) in [6.45, 7) is 4.71. The summed E-state index contributed by atoms with van der Waals surface area (Å²) < 4.78 is 6.02. The minimum Gasteiger partial charge on any atom is -0.456 e. The van der Waals surface area contributed by atoms with Crippen molar-refractivity contribution in [2.75, 3.05) is 5.32 Å². The molecule has 0 bridgehead atoms. The molecule has 0 saturated carbocycles. The molecule has 9 aromatic carbocycles. The molecule has 0 saturated heterocycles. The van der Waals surface area contributed by atoms with E-state index >= 15 is 0 Å². The lowest BCUT2D eigenvalue weighted by atomic mass is 9.81. The van der Waals surface area contributed by atoms with E-state index in [1.54, 1.807) is 0 Å². The topological polar surface area (TPSA) is 25.2 Å². The number of para-hydroxylation sites is 1. The number of allylic oxidation sites excluding steroid dienone is 4. The van der Waals surface area contributed by atoms with E-state index in [2.05, 4.69) is 219 Å². The monoisotopic (exact) mass is 807 g/mol. The van der Waals surface area contributed by atoms with Gasteiger partial charge in [-0.25, -0.2) is 0 Å². The Morgan fingerprint density at radius 3 is 1.89 bits per heavy atom. The third kappa shape index (κ3) is 6.24. The van der Waals surface area contributed by atoms with Crippen LogP contribution in [0.15, 0.2) is 217 Å². The van der Waals surface area contributed by atoms with Crippen LogP contribution in [-0.2, 0) is 5.41 Å². The maximum absolute atomic E-state index is 6.02. The third-order valence-electron chi connectivity index (χ3n) is 13.6. The fourth-order valence-corrected chi connectivity index (χ4v) is 10.4. The average Bonchev–Trinajstić information content (AvgIpc) is 3.96. The molecule has 2 heteroatoms. The minimum atomic E-state index is -0.0726. The standard InChI is InChI=1S/C37H27N.C24H18O/c1-37(2)33-21-24(23-9-4-3-5-10-23)15-17-28(33)29-18-16-25(22-34(29)37)38-35-20-19-31-27-12-7-6-11-26(27)30-13-8-14-32(35)36(30)31;1-2-6-17(7-3-1)18-10-12-19(13-11-18)20-14-15-22-21-8-4-5-9-23(21)25-24(22)16-20/h3-22,38H,1-2H3;1-6,8-17H,7H2. The summed E-state index contributed by atoms with van der Waals surface area (Å²) in [4.78, 5) is 0. The van der Waals surface area contributed by atoms with E-state index in [4.69, 9.17) is 4.42 Å². The minimum absolute atomic E-state index is 0.0726. The molecule has 3 aliphatic carbocycles. The van der Waals surface area contributed by atoms with Crippen molar-refractivity contribution in [2.45, 2.75) is 31.6 Å². The molecule has 1 atom stereocenters. The summed E-state index contributed by atoms with van der Waals surface area (Å²) in [6, 6.07) is 68.1. The lowest BCUT2D eigenvalue weighted by Crippen LogP contribution is -2.15. The zero-order valence-corrected chi connectivity index (χ0v) is 35.4. The molecule has 0 spiro atoms. The second kappa shape index (κ2) is 14.8. The second-order valence-corrected chi connectivity index (χ2v) is 17.7. The van der Waals surface area contributed by atoms with Crippen molar-refractivity contribution >= 4 is 44.1 Å². The molecule has 300 valence electrons. The second-order valence-electron chi connectivity index (χ2n) is 17.7. The molecular weight excluding hydrogens is 763 g/mol. The lowest BCUT2D eigenvalue weighted by molar-refractivity contribution is 0.661. The van der Waals surface area contributed by atoms with Crippen LogP contribution in [0.5, 0.6) is 0 Å². The summed E-state index contributed by atoms with van der Waals surface area (Å²) in [5, 5.41) is 8.76. The van der Waals surface area contributed by atoms with Gasteiger partial charge in [0.2, 0.25) is 0 Å². The van der Waals surface area contributed by atoms with Crippen molar-refractivity contribution in [2.24, 2.45) is 0 Å². The molecule has 2 nitrogen and oxygen atoms in total. The molecule has 63 heavy (non-hydrogen) atoms. The summed E-state index contributed by atoms with van der Waals surface area (Å²) in [7, 11) is 0. The van der Waals surface area contributed by atoms with Gasteiger partial charge in [0, 0.05) is 38.9 Å². The first-order chi connectivity index (χ1) is 31.0. The van der Waals surface area contributed by atoms with Crippen LogP contribution in [0.2, 0.25) is 0 Å². The number of rotatable bonds is 5. The number of fused-ring (bicyclic) bond motifs is 9. The van der Waals surface area contributed by atoms with Crippen LogP contribution in [0.25, 0.3) is 88.3 Å². The molecule has 0 fully saturated rings. The van der Waals surface area contributed by atoms with Crippen LogP contribution in [0.1, 0.15) is 42.9 Å². The van der Waals surface area contributed by atoms with Crippen molar-refractivity contribution in [1.29, 1.82) is 0 Å². The lowest BCUT2D eigenvalue weighted by Gasteiger charge is -2.23. The first-order valence-electron chi connectivity index (χ1n) is 22.1. The van der Waals surface area contributed by atoms with Crippen molar-refractivity contribution < 1.29 is 4.42 Å². The van der Waals surface area contributed by atoms with Gasteiger partial charge in [-0.15, -0.1) is 0 Å². The molecule has 0 amide bonds. The molecule has 0 radical (unpaired) electrons. The largest absolute Gasteiger partial charge is 0.456 e. The number of hydrogen-bond acceptors (Lipinski definition) is 2. The van der Waals surface area contributed by atoms with Gasteiger partial charge in [-0.3, -0.25) is 0 Å². The van der Waals surface area contributed by atoms with Crippen LogP contribution in [0.3, 0.4) is 0 Å². The number of furan rings is 1. The maximum Gasteiger partial charge on any atom is 0.136 e. The number of benzene rings is 9. The normalized spacial score (nSPS) is 14.9. The van der Waals surface area contributed by atoms with Crippen LogP contribution >= 0.6 is 0 Å². The highest BCUT2D eigenvalue weighted by Gasteiger charge is 2.36. The molecule has 1 aromatic heterocycles. The van der Waals surface area contributed by atoms with Gasteiger partial charge in [0.25, 0.3) is 0 Å². The van der Waals surface area contributed by atoms with E-state index in [0.29, 0.717) is 5.92 Å². The number of nitrogens with one attached hydrogen (secondary N) is 1. The highest BCUT2D eigenvalue weighted by atomic mass is 16.3. The van der Waals surface area contributed by atoms with E-state index in [0.717, 1.165) is 29.0 Å². The highest BCUT2D eigenvalue weighted by molar-refractivity contribution is 6.18.